The Morgan fingerprint density at radius 2 is 1.80 bits per heavy atom. The van der Waals surface area contributed by atoms with Crippen LogP contribution < -0.4 is 0 Å². The van der Waals surface area contributed by atoms with Crippen LogP contribution in [0.15, 0.2) is 0 Å². The van der Waals surface area contributed by atoms with E-state index in [-0.39, 0.29) is 0 Å². The fraction of sp³-hybridized carbons (Fsp3) is 1.00. The summed E-state index contributed by atoms with van der Waals surface area (Å²) in [5, 5.41) is 0. The van der Waals surface area contributed by atoms with E-state index in [1.165, 1.54) is 45.2 Å². The monoisotopic (exact) mass is 229 g/mol. The van der Waals surface area contributed by atoms with E-state index in [2.05, 4.69) is 38.3 Å². The van der Waals surface area contributed by atoms with Gasteiger partial charge in [-0.25, -0.2) is 0 Å². The Bertz CT molecular complexity index is 173. The van der Waals surface area contributed by atoms with Crippen molar-refractivity contribution in [2.45, 2.75) is 58.9 Å². The molecule has 1 aliphatic rings. The molecule has 0 aliphatic heterocycles. The molecule has 1 aliphatic carbocycles. The normalized spacial score (nSPS) is 19.8. The summed E-state index contributed by atoms with van der Waals surface area (Å²) in [4.78, 5) is 2.68. The molecule has 0 N–H and O–H groups in total. The number of thiol groups is 1. The maximum absolute atomic E-state index is 4.45. The molecule has 1 rings (SSSR count). The number of nitrogens with zero attached hydrogens (tertiary/aromatic N) is 1. The Hall–Kier alpha value is 0.310. The highest BCUT2D eigenvalue weighted by molar-refractivity contribution is 7.80. The molecule has 2 heteroatoms. The molecular weight excluding hydrogens is 202 g/mol. The predicted octanol–water partition coefficient (Wildman–Crippen LogP) is 3.60. The zero-order chi connectivity index (χ0) is 11.3. The smallest absolute Gasteiger partial charge is 0.00953 e. The van der Waals surface area contributed by atoms with Crippen molar-refractivity contribution in [3.05, 3.63) is 0 Å². The van der Waals surface area contributed by atoms with Gasteiger partial charge in [0.25, 0.3) is 0 Å². The van der Waals surface area contributed by atoms with Gasteiger partial charge in [-0.05, 0) is 30.6 Å². The lowest BCUT2D eigenvalue weighted by molar-refractivity contribution is 0.119. The van der Waals surface area contributed by atoms with E-state index in [1.54, 1.807) is 0 Å². The van der Waals surface area contributed by atoms with E-state index >= 15 is 0 Å². The first-order chi connectivity index (χ1) is 7.09. The van der Waals surface area contributed by atoms with Crippen LogP contribution in [0.3, 0.4) is 0 Å². The Morgan fingerprint density at radius 3 is 2.27 bits per heavy atom. The number of hydrogen-bond acceptors (Lipinski definition) is 2. The summed E-state index contributed by atoms with van der Waals surface area (Å²) < 4.78 is 0. The van der Waals surface area contributed by atoms with Gasteiger partial charge in [-0.2, -0.15) is 12.6 Å². The second kappa shape index (κ2) is 6.15. The third kappa shape index (κ3) is 4.36. The van der Waals surface area contributed by atoms with Crippen LogP contribution in [0.4, 0.5) is 0 Å². The highest BCUT2D eigenvalue weighted by Gasteiger charge is 2.25. The molecule has 90 valence electrons. The van der Waals surface area contributed by atoms with Crippen molar-refractivity contribution in [3.8, 4) is 0 Å². The van der Waals surface area contributed by atoms with Crippen LogP contribution in [0.25, 0.3) is 0 Å². The van der Waals surface area contributed by atoms with Gasteiger partial charge in [-0.15, -0.1) is 0 Å². The largest absolute Gasteiger partial charge is 0.300 e. The summed E-state index contributed by atoms with van der Waals surface area (Å²) in [5.41, 5.74) is 0.358. The molecule has 0 spiro atoms. The second-order valence-corrected chi connectivity index (χ2v) is 5.99. The molecule has 0 radical (unpaired) electrons. The minimum absolute atomic E-state index is 0.358. The summed E-state index contributed by atoms with van der Waals surface area (Å²) in [6.45, 7) is 9.35. The van der Waals surface area contributed by atoms with Crippen LogP contribution in [-0.4, -0.2) is 29.8 Å². The van der Waals surface area contributed by atoms with Gasteiger partial charge < -0.3 is 4.90 Å². The molecule has 1 fully saturated rings. The van der Waals surface area contributed by atoms with Gasteiger partial charge in [0, 0.05) is 12.6 Å². The average molecular weight is 229 g/mol. The second-order valence-electron chi connectivity index (χ2n) is 5.68. The highest BCUT2D eigenvalue weighted by atomic mass is 32.1. The third-order valence-corrected chi connectivity index (χ3v) is 4.41. The van der Waals surface area contributed by atoms with Crippen LogP contribution in [-0.2, 0) is 0 Å². The van der Waals surface area contributed by atoms with Crippen LogP contribution >= 0.6 is 12.6 Å². The first-order valence-electron chi connectivity index (χ1n) is 6.44. The zero-order valence-corrected chi connectivity index (χ0v) is 11.5. The zero-order valence-electron chi connectivity index (χ0n) is 10.6. The Balaban J connectivity index is 2.46. The Morgan fingerprint density at radius 1 is 1.20 bits per heavy atom. The van der Waals surface area contributed by atoms with Crippen molar-refractivity contribution in [3.63, 3.8) is 0 Å². The SMILES string of the molecule is CCN(CC(C)(C)CS)C1CCCCC1. The first kappa shape index (κ1) is 13.4. The molecule has 1 nitrogen and oxygen atoms in total. The standard InChI is InChI=1S/C13H27NS/c1-4-14(10-13(2,3)11-15)12-8-6-5-7-9-12/h12,15H,4-11H2,1-3H3. The van der Waals surface area contributed by atoms with E-state index in [9.17, 15) is 0 Å². The summed E-state index contributed by atoms with van der Waals surface area (Å²) in [6, 6.07) is 0.850. The lowest BCUT2D eigenvalue weighted by Gasteiger charge is -2.38. The van der Waals surface area contributed by atoms with Crippen LogP contribution in [0.1, 0.15) is 52.9 Å². The number of hydrogen-bond donors (Lipinski definition) is 1. The molecule has 0 heterocycles. The average Bonchev–Trinajstić information content (AvgIpc) is 2.27. The first-order valence-corrected chi connectivity index (χ1v) is 7.07. The van der Waals surface area contributed by atoms with Gasteiger partial charge in [0.05, 0.1) is 0 Å². The van der Waals surface area contributed by atoms with Crippen molar-refractivity contribution in [2.75, 3.05) is 18.8 Å². The molecule has 0 saturated heterocycles. The van der Waals surface area contributed by atoms with Crippen molar-refractivity contribution in [1.29, 1.82) is 0 Å². The van der Waals surface area contributed by atoms with Gasteiger partial charge >= 0.3 is 0 Å². The molecule has 0 bridgehead atoms. The quantitative estimate of drug-likeness (QED) is 0.705. The predicted molar refractivity (Wildman–Crippen MR) is 71.8 cm³/mol. The summed E-state index contributed by atoms with van der Waals surface area (Å²) in [6.07, 6.45) is 7.14. The molecule has 0 aromatic heterocycles. The molecule has 0 atom stereocenters. The van der Waals surface area contributed by atoms with Gasteiger partial charge in [0.2, 0.25) is 0 Å². The van der Waals surface area contributed by atoms with Gasteiger partial charge in [0.15, 0.2) is 0 Å². The van der Waals surface area contributed by atoms with Gasteiger partial charge in [0.1, 0.15) is 0 Å². The molecule has 0 unspecified atom stereocenters. The van der Waals surface area contributed by atoms with E-state index < -0.39 is 0 Å². The number of rotatable bonds is 5. The van der Waals surface area contributed by atoms with Gasteiger partial charge in [-0.1, -0.05) is 40.0 Å². The van der Waals surface area contributed by atoms with Crippen molar-refractivity contribution in [1.82, 2.24) is 4.90 Å². The van der Waals surface area contributed by atoms with E-state index in [0.29, 0.717) is 5.41 Å². The molecule has 0 aromatic carbocycles. The lowest BCUT2D eigenvalue weighted by atomic mass is 9.90. The fourth-order valence-corrected chi connectivity index (χ4v) is 2.65. The summed E-state index contributed by atoms with van der Waals surface area (Å²) in [7, 11) is 0. The third-order valence-electron chi connectivity index (χ3n) is 3.56. The van der Waals surface area contributed by atoms with Crippen LogP contribution in [0.2, 0.25) is 0 Å². The maximum Gasteiger partial charge on any atom is 0.00953 e. The van der Waals surface area contributed by atoms with Crippen molar-refractivity contribution in [2.24, 2.45) is 5.41 Å². The summed E-state index contributed by atoms with van der Waals surface area (Å²) >= 11 is 4.45. The molecular formula is C13H27NS. The topological polar surface area (TPSA) is 3.24 Å². The Kier molecular flexibility index (Phi) is 5.48. The minimum Gasteiger partial charge on any atom is -0.300 e. The lowest BCUT2D eigenvalue weighted by Crippen LogP contribution is -2.43. The van der Waals surface area contributed by atoms with Crippen LogP contribution in [0.5, 0.6) is 0 Å². The molecule has 0 aromatic rings. The van der Waals surface area contributed by atoms with Crippen LogP contribution in [0, 0.1) is 5.41 Å². The van der Waals surface area contributed by atoms with Gasteiger partial charge in [-0.3, -0.25) is 0 Å². The minimum atomic E-state index is 0.358. The molecule has 0 amide bonds. The van der Waals surface area contributed by atoms with E-state index in [1.807, 2.05) is 0 Å². The maximum atomic E-state index is 4.45. The molecule has 1 saturated carbocycles. The molecule has 15 heavy (non-hydrogen) atoms. The highest BCUT2D eigenvalue weighted by Crippen LogP contribution is 2.26. The van der Waals surface area contributed by atoms with E-state index in [0.717, 1.165) is 11.8 Å². The van der Waals surface area contributed by atoms with Crippen molar-refractivity contribution < 1.29 is 0 Å². The van der Waals surface area contributed by atoms with Crippen molar-refractivity contribution >= 4 is 12.6 Å². The Labute approximate surface area is 101 Å². The fourth-order valence-electron chi connectivity index (χ4n) is 2.55. The summed E-state index contributed by atoms with van der Waals surface area (Å²) in [5.74, 6) is 0.982. The van der Waals surface area contributed by atoms with E-state index in [4.69, 9.17) is 0 Å².